The van der Waals surface area contributed by atoms with Gasteiger partial charge in [0.15, 0.2) is 0 Å². The minimum Gasteiger partial charge on any atom is -0.329 e. The molecule has 2 N–H and O–H groups in total. The van der Waals surface area contributed by atoms with Gasteiger partial charge in [0, 0.05) is 5.69 Å². The van der Waals surface area contributed by atoms with E-state index in [2.05, 4.69) is 35.8 Å². The largest absolute Gasteiger partial charge is 0.329 e. The molecule has 6 nitrogen and oxygen atoms in total. The quantitative estimate of drug-likeness (QED) is 0.741. The van der Waals surface area contributed by atoms with Crippen molar-refractivity contribution >= 4 is 23.5 Å². The minimum atomic E-state index is -0.523. The molecule has 2 aliphatic rings. The molecule has 0 unspecified atom stereocenters. The van der Waals surface area contributed by atoms with E-state index in [0.29, 0.717) is 5.69 Å². The van der Waals surface area contributed by atoms with Crippen LogP contribution >= 0.6 is 0 Å². The number of nitrogens with zero attached hydrogens (tertiary/aromatic N) is 1. The summed E-state index contributed by atoms with van der Waals surface area (Å²) in [6, 6.07) is 15.3. The molecule has 0 atom stereocenters. The van der Waals surface area contributed by atoms with Gasteiger partial charge in [-0.2, -0.15) is 0 Å². The SMILES string of the molecule is Cc1cccc(C2(C(=O)Nc3cccc(CN4C(=O)CNC4=O)c3)CCCCC2)c1. The van der Waals surface area contributed by atoms with E-state index in [0.717, 1.165) is 48.8 Å². The number of carbonyl (C=O) groups excluding carboxylic acids is 3. The fourth-order valence-electron chi connectivity index (χ4n) is 4.54. The summed E-state index contributed by atoms with van der Waals surface area (Å²) in [4.78, 5) is 38.4. The molecule has 2 aromatic carbocycles. The van der Waals surface area contributed by atoms with Crippen molar-refractivity contribution in [2.75, 3.05) is 11.9 Å². The fourth-order valence-corrected chi connectivity index (χ4v) is 4.54. The van der Waals surface area contributed by atoms with Crippen LogP contribution in [0.15, 0.2) is 48.5 Å². The first kappa shape index (κ1) is 20.1. The summed E-state index contributed by atoms with van der Waals surface area (Å²) in [6.07, 6.45) is 4.90. The Morgan fingerprint density at radius 3 is 2.53 bits per heavy atom. The Labute approximate surface area is 176 Å². The first-order valence-corrected chi connectivity index (χ1v) is 10.5. The Morgan fingerprint density at radius 2 is 1.83 bits per heavy atom. The van der Waals surface area contributed by atoms with Crippen LogP contribution < -0.4 is 10.6 Å². The zero-order valence-corrected chi connectivity index (χ0v) is 17.2. The highest BCUT2D eigenvalue weighted by molar-refractivity contribution is 6.02. The second-order valence-corrected chi connectivity index (χ2v) is 8.31. The van der Waals surface area contributed by atoms with Crippen molar-refractivity contribution in [3.05, 3.63) is 65.2 Å². The first-order chi connectivity index (χ1) is 14.5. The average molecular weight is 405 g/mol. The number of anilines is 1. The molecule has 1 saturated carbocycles. The van der Waals surface area contributed by atoms with Crippen LogP contribution in [0.4, 0.5) is 10.5 Å². The van der Waals surface area contributed by atoms with Gasteiger partial charge in [-0.05, 0) is 43.0 Å². The summed E-state index contributed by atoms with van der Waals surface area (Å²) in [5.74, 6) is -0.227. The molecule has 2 fully saturated rings. The molecule has 1 aliphatic heterocycles. The monoisotopic (exact) mass is 405 g/mol. The number of benzene rings is 2. The number of carbonyl (C=O) groups is 3. The number of urea groups is 1. The maximum atomic E-state index is 13.5. The van der Waals surface area contributed by atoms with Crippen LogP contribution in [-0.2, 0) is 21.5 Å². The molecule has 0 aromatic heterocycles. The summed E-state index contributed by atoms with van der Waals surface area (Å²) < 4.78 is 0. The van der Waals surface area contributed by atoms with Gasteiger partial charge in [0.1, 0.15) is 0 Å². The number of rotatable bonds is 5. The van der Waals surface area contributed by atoms with E-state index >= 15 is 0 Å². The average Bonchev–Trinajstić information content (AvgIpc) is 3.06. The molecule has 30 heavy (non-hydrogen) atoms. The van der Waals surface area contributed by atoms with Gasteiger partial charge < -0.3 is 10.6 Å². The molecule has 1 heterocycles. The van der Waals surface area contributed by atoms with Crippen LogP contribution in [0.1, 0.15) is 48.8 Å². The van der Waals surface area contributed by atoms with Crippen molar-refractivity contribution < 1.29 is 14.4 Å². The van der Waals surface area contributed by atoms with Crippen LogP contribution in [0, 0.1) is 6.92 Å². The van der Waals surface area contributed by atoms with E-state index in [1.807, 2.05) is 30.3 Å². The molecule has 1 saturated heterocycles. The first-order valence-electron chi connectivity index (χ1n) is 10.5. The lowest BCUT2D eigenvalue weighted by Crippen LogP contribution is -2.42. The molecule has 6 heteroatoms. The Kier molecular flexibility index (Phi) is 5.57. The lowest BCUT2D eigenvalue weighted by Gasteiger charge is -2.36. The molecule has 2 aromatic rings. The third kappa shape index (κ3) is 3.95. The van der Waals surface area contributed by atoms with E-state index < -0.39 is 5.41 Å². The number of hydrogen-bond donors (Lipinski definition) is 2. The van der Waals surface area contributed by atoms with Gasteiger partial charge in [-0.15, -0.1) is 0 Å². The van der Waals surface area contributed by atoms with Crippen LogP contribution in [-0.4, -0.2) is 29.3 Å². The maximum Gasteiger partial charge on any atom is 0.324 e. The Bertz CT molecular complexity index is 963. The van der Waals surface area contributed by atoms with Gasteiger partial charge in [-0.3, -0.25) is 14.5 Å². The number of amides is 4. The molecule has 4 rings (SSSR count). The summed E-state index contributed by atoms with van der Waals surface area (Å²) >= 11 is 0. The van der Waals surface area contributed by atoms with Crippen molar-refractivity contribution in [3.8, 4) is 0 Å². The van der Waals surface area contributed by atoms with Crippen molar-refractivity contribution in [3.63, 3.8) is 0 Å². The topological polar surface area (TPSA) is 78.5 Å². The van der Waals surface area contributed by atoms with E-state index in [1.54, 1.807) is 0 Å². The number of hydrogen-bond acceptors (Lipinski definition) is 3. The molecule has 0 spiro atoms. The smallest absolute Gasteiger partial charge is 0.324 e. The summed E-state index contributed by atoms with van der Waals surface area (Å²) in [7, 11) is 0. The molecule has 0 radical (unpaired) electrons. The van der Waals surface area contributed by atoms with Gasteiger partial charge in [0.05, 0.1) is 18.5 Å². The Morgan fingerprint density at radius 1 is 1.07 bits per heavy atom. The molecule has 156 valence electrons. The molecular weight excluding hydrogens is 378 g/mol. The van der Waals surface area contributed by atoms with Gasteiger partial charge in [0.25, 0.3) is 0 Å². The number of aryl methyl sites for hydroxylation is 1. The number of imide groups is 1. The van der Waals surface area contributed by atoms with Crippen LogP contribution in [0.3, 0.4) is 0 Å². The van der Waals surface area contributed by atoms with Gasteiger partial charge in [-0.25, -0.2) is 4.79 Å². The Balaban J connectivity index is 1.56. The second kappa shape index (κ2) is 8.30. The van der Waals surface area contributed by atoms with E-state index in [4.69, 9.17) is 0 Å². The lowest BCUT2D eigenvalue weighted by atomic mass is 9.68. The highest BCUT2D eigenvalue weighted by atomic mass is 16.2. The second-order valence-electron chi connectivity index (χ2n) is 8.31. The molecular formula is C24H27N3O3. The van der Waals surface area contributed by atoms with E-state index in [-0.39, 0.29) is 30.9 Å². The normalized spacial score (nSPS) is 18.2. The van der Waals surface area contributed by atoms with Crippen LogP contribution in [0.5, 0.6) is 0 Å². The predicted octanol–water partition coefficient (Wildman–Crippen LogP) is 3.89. The van der Waals surface area contributed by atoms with E-state index in [9.17, 15) is 14.4 Å². The fraction of sp³-hybridized carbons (Fsp3) is 0.375. The minimum absolute atomic E-state index is 0.0138. The van der Waals surface area contributed by atoms with Crippen molar-refractivity contribution in [1.29, 1.82) is 0 Å². The lowest BCUT2D eigenvalue weighted by molar-refractivity contribution is -0.125. The van der Waals surface area contributed by atoms with Crippen molar-refractivity contribution in [1.82, 2.24) is 10.2 Å². The molecule has 4 amide bonds. The van der Waals surface area contributed by atoms with Gasteiger partial charge in [0.2, 0.25) is 11.8 Å². The highest BCUT2D eigenvalue weighted by Gasteiger charge is 2.41. The standard InChI is InChI=1S/C24H27N3O3/c1-17-7-5-9-19(13-17)24(11-3-2-4-12-24)22(29)26-20-10-6-8-18(14-20)16-27-21(28)15-25-23(27)30/h5-10,13-14H,2-4,11-12,15-16H2,1H3,(H,25,30)(H,26,29). The van der Waals surface area contributed by atoms with Crippen molar-refractivity contribution in [2.45, 2.75) is 51.0 Å². The summed E-state index contributed by atoms with van der Waals surface area (Å²) in [6.45, 7) is 2.28. The summed E-state index contributed by atoms with van der Waals surface area (Å²) in [5, 5.41) is 5.64. The summed E-state index contributed by atoms with van der Waals surface area (Å²) in [5.41, 5.74) is 3.19. The third-order valence-electron chi connectivity index (χ3n) is 6.17. The highest BCUT2D eigenvalue weighted by Crippen LogP contribution is 2.40. The zero-order chi connectivity index (χ0) is 21.1. The third-order valence-corrected chi connectivity index (χ3v) is 6.17. The van der Waals surface area contributed by atoms with E-state index in [1.165, 1.54) is 4.90 Å². The molecule has 1 aliphatic carbocycles. The van der Waals surface area contributed by atoms with Crippen LogP contribution in [0.2, 0.25) is 0 Å². The maximum absolute atomic E-state index is 13.5. The molecule has 0 bridgehead atoms. The number of nitrogens with one attached hydrogen (secondary N) is 2. The van der Waals surface area contributed by atoms with Gasteiger partial charge in [-0.1, -0.05) is 61.2 Å². The van der Waals surface area contributed by atoms with Crippen molar-refractivity contribution in [2.24, 2.45) is 0 Å². The van der Waals surface area contributed by atoms with Gasteiger partial charge >= 0.3 is 6.03 Å². The Hall–Kier alpha value is -3.15. The zero-order valence-electron chi connectivity index (χ0n) is 17.2. The van der Waals surface area contributed by atoms with Crippen LogP contribution in [0.25, 0.3) is 0 Å². The predicted molar refractivity (Wildman–Crippen MR) is 115 cm³/mol.